The Bertz CT molecular complexity index is 357. The Morgan fingerprint density at radius 3 is 2.93 bits per heavy atom. The monoisotopic (exact) mass is 291 g/mol. The van der Waals surface area contributed by atoms with Gasteiger partial charge in [0.25, 0.3) is 0 Å². The minimum Gasteiger partial charge on any atom is -0.381 e. The second-order valence-corrected chi connectivity index (χ2v) is 4.65. The van der Waals surface area contributed by atoms with Crippen molar-refractivity contribution < 1.29 is 4.74 Å². The minimum atomic E-state index is 0.374. The fourth-order valence-corrected chi connectivity index (χ4v) is 1.97. The van der Waals surface area contributed by atoms with Crippen LogP contribution in [0.15, 0.2) is 10.8 Å². The molecule has 1 saturated carbocycles. The molecule has 0 amide bonds. The number of rotatable bonds is 3. The van der Waals surface area contributed by atoms with E-state index in [1.807, 2.05) is 0 Å². The van der Waals surface area contributed by atoms with E-state index < -0.39 is 0 Å². The SMILES string of the molecule is COC1CC(Nc2ncnc(Cl)c2Br)C1. The molecule has 1 aliphatic rings. The van der Waals surface area contributed by atoms with Gasteiger partial charge in [0.15, 0.2) is 0 Å². The first-order chi connectivity index (χ1) is 7.20. The molecule has 0 saturated heterocycles. The summed E-state index contributed by atoms with van der Waals surface area (Å²) in [5.74, 6) is 0.745. The van der Waals surface area contributed by atoms with Crippen LogP contribution in [0.2, 0.25) is 5.15 Å². The van der Waals surface area contributed by atoms with Gasteiger partial charge in [-0.3, -0.25) is 0 Å². The lowest BCUT2D eigenvalue weighted by atomic mass is 9.89. The first kappa shape index (κ1) is 11.1. The van der Waals surface area contributed by atoms with Crippen molar-refractivity contribution in [1.82, 2.24) is 9.97 Å². The Morgan fingerprint density at radius 1 is 1.53 bits per heavy atom. The van der Waals surface area contributed by atoms with E-state index >= 15 is 0 Å². The van der Waals surface area contributed by atoms with E-state index in [1.54, 1.807) is 7.11 Å². The molecule has 15 heavy (non-hydrogen) atoms. The average Bonchev–Trinajstić information content (AvgIpc) is 2.17. The van der Waals surface area contributed by atoms with Gasteiger partial charge in [-0.1, -0.05) is 11.6 Å². The molecule has 0 atom stereocenters. The second kappa shape index (κ2) is 4.63. The number of nitrogens with one attached hydrogen (secondary N) is 1. The smallest absolute Gasteiger partial charge is 0.148 e. The fourth-order valence-electron chi connectivity index (χ4n) is 1.52. The van der Waals surface area contributed by atoms with Crippen LogP contribution in [-0.4, -0.2) is 29.2 Å². The zero-order valence-corrected chi connectivity index (χ0v) is 10.5. The number of methoxy groups -OCH3 is 1. The Morgan fingerprint density at radius 2 is 2.27 bits per heavy atom. The van der Waals surface area contributed by atoms with Gasteiger partial charge in [0, 0.05) is 13.2 Å². The molecule has 0 aromatic carbocycles. The lowest BCUT2D eigenvalue weighted by Crippen LogP contribution is -2.40. The number of hydrogen-bond acceptors (Lipinski definition) is 4. The van der Waals surface area contributed by atoms with Gasteiger partial charge in [-0.25, -0.2) is 9.97 Å². The first-order valence-corrected chi connectivity index (χ1v) is 5.83. The van der Waals surface area contributed by atoms with Gasteiger partial charge >= 0.3 is 0 Å². The standard InChI is InChI=1S/C9H11BrClN3O/c1-15-6-2-5(3-6)14-9-7(10)8(11)12-4-13-9/h4-6H,2-3H2,1H3,(H,12,13,14). The summed E-state index contributed by atoms with van der Waals surface area (Å²) in [7, 11) is 1.73. The molecular weight excluding hydrogens is 281 g/mol. The van der Waals surface area contributed by atoms with Crippen molar-refractivity contribution in [1.29, 1.82) is 0 Å². The van der Waals surface area contributed by atoms with Gasteiger partial charge < -0.3 is 10.1 Å². The number of halogens is 2. The molecule has 1 aromatic rings. The molecule has 1 aliphatic carbocycles. The molecule has 1 fully saturated rings. The highest BCUT2D eigenvalue weighted by Gasteiger charge is 2.29. The second-order valence-electron chi connectivity index (χ2n) is 3.50. The highest BCUT2D eigenvalue weighted by molar-refractivity contribution is 9.10. The summed E-state index contributed by atoms with van der Waals surface area (Å²) in [6.07, 6.45) is 3.83. The molecule has 2 rings (SSSR count). The van der Waals surface area contributed by atoms with E-state index in [0.717, 1.165) is 18.7 Å². The molecule has 82 valence electrons. The maximum Gasteiger partial charge on any atom is 0.148 e. The van der Waals surface area contributed by atoms with E-state index in [-0.39, 0.29) is 0 Å². The van der Waals surface area contributed by atoms with Crippen molar-refractivity contribution in [2.24, 2.45) is 0 Å². The van der Waals surface area contributed by atoms with Crippen molar-refractivity contribution >= 4 is 33.3 Å². The van der Waals surface area contributed by atoms with Crippen LogP contribution in [0.5, 0.6) is 0 Å². The fraction of sp³-hybridized carbons (Fsp3) is 0.556. The van der Waals surface area contributed by atoms with Crippen LogP contribution in [0.3, 0.4) is 0 Å². The molecule has 0 radical (unpaired) electrons. The number of aromatic nitrogens is 2. The topological polar surface area (TPSA) is 47.0 Å². The molecular formula is C9H11BrClN3O. The first-order valence-electron chi connectivity index (χ1n) is 4.66. The van der Waals surface area contributed by atoms with E-state index in [2.05, 4.69) is 31.2 Å². The third-order valence-corrected chi connectivity index (χ3v) is 3.78. The van der Waals surface area contributed by atoms with Crippen molar-refractivity contribution in [3.05, 3.63) is 16.0 Å². The Hall–Kier alpha value is -0.390. The quantitative estimate of drug-likeness (QED) is 0.870. The predicted molar refractivity (Wildman–Crippen MR) is 62.2 cm³/mol. The summed E-state index contributed by atoms with van der Waals surface area (Å²) in [6, 6.07) is 0.414. The molecule has 1 heterocycles. The number of anilines is 1. The van der Waals surface area contributed by atoms with Crippen LogP contribution in [0.25, 0.3) is 0 Å². The number of ether oxygens (including phenoxy) is 1. The highest BCUT2D eigenvalue weighted by Crippen LogP contribution is 2.31. The molecule has 4 nitrogen and oxygen atoms in total. The van der Waals surface area contributed by atoms with Gasteiger partial charge in [-0.05, 0) is 28.8 Å². The summed E-state index contributed by atoms with van der Waals surface area (Å²) in [6.45, 7) is 0. The third kappa shape index (κ3) is 2.41. The maximum absolute atomic E-state index is 5.85. The zero-order valence-electron chi connectivity index (χ0n) is 8.20. The summed E-state index contributed by atoms with van der Waals surface area (Å²) in [4.78, 5) is 7.98. The lowest BCUT2D eigenvalue weighted by molar-refractivity contribution is 0.0328. The Kier molecular flexibility index (Phi) is 3.43. The van der Waals surface area contributed by atoms with E-state index in [1.165, 1.54) is 6.33 Å². The molecule has 1 N–H and O–H groups in total. The predicted octanol–water partition coefficient (Wildman–Crippen LogP) is 2.48. The summed E-state index contributed by atoms with van der Waals surface area (Å²) in [5.41, 5.74) is 0. The minimum absolute atomic E-state index is 0.374. The number of nitrogens with zero attached hydrogens (tertiary/aromatic N) is 2. The van der Waals surface area contributed by atoms with Gasteiger partial charge in [0.1, 0.15) is 17.3 Å². The highest BCUT2D eigenvalue weighted by atomic mass is 79.9. The molecule has 1 aromatic heterocycles. The molecule has 0 bridgehead atoms. The summed E-state index contributed by atoms with van der Waals surface area (Å²) in [5, 5.41) is 3.72. The Balaban J connectivity index is 1.97. The van der Waals surface area contributed by atoms with Crippen LogP contribution in [0.1, 0.15) is 12.8 Å². The van der Waals surface area contributed by atoms with Gasteiger partial charge in [0.2, 0.25) is 0 Å². The van der Waals surface area contributed by atoms with E-state index in [4.69, 9.17) is 16.3 Å². The Labute approximate surface area is 102 Å². The van der Waals surface area contributed by atoms with Crippen LogP contribution < -0.4 is 5.32 Å². The van der Waals surface area contributed by atoms with Crippen LogP contribution >= 0.6 is 27.5 Å². The molecule has 0 spiro atoms. The molecule has 0 unspecified atom stereocenters. The summed E-state index contributed by atoms with van der Waals surface area (Å²) >= 11 is 9.20. The zero-order chi connectivity index (χ0) is 10.8. The van der Waals surface area contributed by atoms with Crippen molar-refractivity contribution in [2.45, 2.75) is 25.0 Å². The van der Waals surface area contributed by atoms with Crippen molar-refractivity contribution in [3.63, 3.8) is 0 Å². The average molecular weight is 293 g/mol. The van der Waals surface area contributed by atoms with Gasteiger partial charge in [-0.2, -0.15) is 0 Å². The van der Waals surface area contributed by atoms with Crippen molar-refractivity contribution in [2.75, 3.05) is 12.4 Å². The number of hydrogen-bond donors (Lipinski definition) is 1. The van der Waals surface area contributed by atoms with Crippen LogP contribution in [-0.2, 0) is 4.74 Å². The van der Waals surface area contributed by atoms with E-state index in [0.29, 0.717) is 21.8 Å². The molecule has 0 aliphatic heterocycles. The normalized spacial score (nSPS) is 24.7. The van der Waals surface area contributed by atoms with Crippen LogP contribution in [0, 0.1) is 0 Å². The van der Waals surface area contributed by atoms with Crippen LogP contribution in [0.4, 0.5) is 5.82 Å². The van der Waals surface area contributed by atoms with E-state index in [9.17, 15) is 0 Å². The summed E-state index contributed by atoms with van der Waals surface area (Å²) < 4.78 is 5.91. The third-order valence-electron chi connectivity index (χ3n) is 2.52. The van der Waals surface area contributed by atoms with Gasteiger partial charge in [0.05, 0.1) is 10.6 Å². The largest absolute Gasteiger partial charge is 0.381 e. The van der Waals surface area contributed by atoms with Gasteiger partial charge in [-0.15, -0.1) is 0 Å². The lowest BCUT2D eigenvalue weighted by Gasteiger charge is -2.35. The maximum atomic E-state index is 5.85. The van der Waals surface area contributed by atoms with Crippen molar-refractivity contribution in [3.8, 4) is 0 Å². The molecule has 6 heteroatoms.